The summed E-state index contributed by atoms with van der Waals surface area (Å²) in [6, 6.07) is 4.39. The Labute approximate surface area is 84.1 Å². The van der Waals surface area contributed by atoms with Crippen LogP contribution in [0.25, 0.3) is 11.0 Å². The first-order valence-electron chi connectivity index (χ1n) is 4.17. The van der Waals surface area contributed by atoms with Crippen molar-refractivity contribution in [3.05, 3.63) is 28.6 Å². The van der Waals surface area contributed by atoms with E-state index < -0.39 is 5.63 Å². The predicted octanol–water partition coefficient (Wildman–Crippen LogP) is 1.21. The third-order valence-corrected chi connectivity index (χ3v) is 2.05. The molecular formula is C10H8O5. The van der Waals surface area contributed by atoms with E-state index in [4.69, 9.17) is 4.42 Å². The quantitative estimate of drug-likeness (QED) is 0.688. The molecule has 0 fully saturated rings. The van der Waals surface area contributed by atoms with E-state index in [2.05, 4.69) is 4.74 Å². The van der Waals surface area contributed by atoms with E-state index in [1.165, 1.54) is 25.3 Å². The fourth-order valence-electron chi connectivity index (χ4n) is 1.36. The number of para-hydroxylation sites is 1. The monoisotopic (exact) mass is 208 g/mol. The van der Waals surface area contributed by atoms with E-state index in [9.17, 15) is 15.0 Å². The highest BCUT2D eigenvalue weighted by atomic mass is 16.5. The molecule has 0 aliphatic rings. The van der Waals surface area contributed by atoms with Crippen LogP contribution in [0.15, 0.2) is 27.4 Å². The van der Waals surface area contributed by atoms with Gasteiger partial charge in [0.15, 0.2) is 17.1 Å². The number of hydrogen-bond donors (Lipinski definition) is 2. The Morgan fingerprint density at radius 1 is 1.33 bits per heavy atom. The Morgan fingerprint density at radius 3 is 2.73 bits per heavy atom. The van der Waals surface area contributed by atoms with Gasteiger partial charge in [0, 0.05) is 0 Å². The average molecular weight is 208 g/mol. The summed E-state index contributed by atoms with van der Waals surface area (Å²) in [5, 5.41) is 19.3. The molecule has 15 heavy (non-hydrogen) atoms. The number of phenols is 1. The minimum Gasteiger partial charge on any atom is -0.504 e. The first-order chi connectivity index (χ1) is 7.15. The third-order valence-electron chi connectivity index (χ3n) is 2.05. The van der Waals surface area contributed by atoms with Crippen LogP contribution in [-0.4, -0.2) is 17.3 Å². The van der Waals surface area contributed by atoms with Crippen molar-refractivity contribution in [1.82, 2.24) is 0 Å². The maximum absolute atomic E-state index is 11.3. The molecule has 1 aromatic heterocycles. The van der Waals surface area contributed by atoms with Gasteiger partial charge in [-0.15, -0.1) is 0 Å². The molecule has 0 saturated heterocycles. The molecule has 2 N–H and O–H groups in total. The van der Waals surface area contributed by atoms with Crippen LogP contribution in [0, 0.1) is 0 Å². The lowest BCUT2D eigenvalue weighted by Gasteiger charge is -2.05. The molecule has 0 amide bonds. The van der Waals surface area contributed by atoms with Gasteiger partial charge in [-0.3, -0.25) is 0 Å². The Bertz CT molecular complexity index is 570. The highest BCUT2D eigenvalue weighted by Crippen LogP contribution is 2.34. The zero-order valence-corrected chi connectivity index (χ0v) is 7.85. The molecule has 2 aromatic rings. The molecule has 1 aromatic carbocycles. The van der Waals surface area contributed by atoms with Crippen molar-refractivity contribution < 1.29 is 19.4 Å². The van der Waals surface area contributed by atoms with E-state index >= 15 is 0 Å². The summed E-state index contributed by atoms with van der Waals surface area (Å²) in [6.45, 7) is 0. The number of aromatic hydroxyl groups is 2. The Hall–Kier alpha value is -2.17. The molecule has 0 spiro atoms. The van der Waals surface area contributed by atoms with Crippen molar-refractivity contribution in [1.29, 1.82) is 0 Å². The van der Waals surface area contributed by atoms with Crippen molar-refractivity contribution in [2.24, 2.45) is 0 Å². The second kappa shape index (κ2) is 3.20. The molecular weight excluding hydrogens is 200 g/mol. The maximum Gasteiger partial charge on any atom is 0.383 e. The van der Waals surface area contributed by atoms with Gasteiger partial charge in [-0.05, 0) is 12.1 Å². The van der Waals surface area contributed by atoms with Crippen LogP contribution < -0.4 is 10.4 Å². The smallest absolute Gasteiger partial charge is 0.383 e. The van der Waals surface area contributed by atoms with Crippen molar-refractivity contribution in [2.45, 2.75) is 0 Å². The van der Waals surface area contributed by atoms with Crippen LogP contribution in [0.2, 0.25) is 0 Å². The average Bonchev–Trinajstić information content (AvgIpc) is 2.20. The standard InChI is InChI=1S/C10H8O5/c1-14-9-7(12)5-3-2-4-6(11)8(5)15-10(9)13/h2-4,11-12H,1H3. The lowest BCUT2D eigenvalue weighted by molar-refractivity contribution is 0.349. The summed E-state index contributed by atoms with van der Waals surface area (Å²) in [6.07, 6.45) is 0. The van der Waals surface area contributed by atoms with Crippen LogP contribution >= 0.6 is 0 Å². The number of ether oxygens (including phenoxy) is 1. The first-order valence-corrected chi connectivity index (χ1v) is 4.17. The molecule has 2 rings (SSSR count). The molecule has 0 aliphatic carbocycles. The van der Waals surface area contributed by atoms with Crippen LogP contribution in [0.1, 0.15) is 0 Å². The summed E-state index contributed by atoms with van der Waals surface area (Å²) >= 11 is 0. The van der Waals surface area contributed by atoms with Gasteiger partial charge < -0.3 is 19.4 Å². The number of benzene rings is 1. The zero-order chi connectivity index (χ0) is 11.0. The normalized spacial score (nSPS) is 10.5. The van der Waals surface area contributed by atoms with Gasteiger partial charge in [-0.25, -0.2) is 4.79 Å². The number of hydrogen-bond acceptors (Lipinski definition) is 5. The summed E-state index contributed by atoms with van der Waals surface area (Å²) in [4.78, 5) is 11.3. The van der Waals surface area contributed by atoms with Gasteiger partial charge in [0.25, 0.3) is 0 Å². The minimum atomic E-state index is -0.830. The fraction of sp³-hybridized carbons (Fsp3) is 0.100. The SMILES string of the molecule is COc1c(O)c2cccc(O)c2oc1=O. The minimum absolute atomic E-state index is 0.0548. The zero-order valence-electron chi connectivity index (χ0n) is 7.85. The molecule has 0 unspecified atom stereocenters. The van der Waals surface area contributed by atoms with Gasteiger partial charge in [0.2, 0.25) is 5.75 Å². The summed E-state index contributed by atoms with van der Waals surface area (Å²) < 4.78 is 9.49. The Balaban J connectivity index is 2.97. The lowest BCUT2D eigenvalue weighted by Crippen LogP contribution is -2.03. The van der Waals surface area contributed by atoms with Crippen LogP contribution in [0.4, 0.5) is 0 Å². The van der Waals surface area contributed by atoms with Crippen molar-refractivity contribution >= 4 is 11.0 Å². The number of phenolic OH excluding ortho intramolecular Hbond substituents is 1. The number of rotatable bonds is 1. The fourth-order valence-corrected chi connectivity index (χ4v) is 1.36. The molecule has 78 valence electrons. The molecule has 5 nitrogen and oxygen atoms in total. The van der Waals surface area contributed by atoms with Crippen LogP contribution in [0.5, 0.6) is 17.2 Å². The molecule has 0 atom stereocenters. The van der Waals surface area contributed by atoms with E-state index in [1.807, 2.05) is 0 Å². The molecule has 0 bridgehead atoms. The maximum atomic E-state index is 11.3. The predicted molar refractivity (Wildman–Crippen MR) is 52.4 cm³/mol. The van der Waals surface area contributed by atoms with Crippen LogP contribution in [-0.2, 0) is 0 Å². The van der Waals surface area contributed by atoms with E-state index in [-0.39, 0.29) is 28.2 Å². The van der Waals surface area contributed by atoms with E-state index in [1.54, 1.807) is 0 Å². The third kappa shape index (κ3) is 1.28. The van der Waals surface area contributed by atoms with Crippen molar-refractivity contribution in [2.75, 3.05) is 7.11 Å². The molecule has 5 heteroatoms. The van der Waals surface area contributed by atoms with Gasteiger partial charge in [-0.2, -0.15) is 0 Å². The second-order valence-corrected chi connectivity index (χ2v) is 2.93. The molecule has 1 heterocycles. The van der Waals surface area contributed by atoms with Gasteiger partial charge in [0.05, 0.1) is 12.5 Å². The van der Waals surface area contributed by atoms with Crippen molar-refractivity contribution in [3.8, 4) is 17.2 Å². The summed E-state index contributed by atoms with van der Waals surface area (Å²) in [5.41, 5.74) is -0.884. The van der Waals surface area contributed by atoms with E-state index in [0.717, 1.165) is 0 Å². The number of fused-ring (bicyclic) bond motifs is 1. The largest absolute Gasteiger partial charge is 0.504 e. The van der Waals surface area contributed by atoms with Crippen molar-refractivity contribution in [3.63, 3.8) is 0 Å². The first kappa shape index (κ1) is 9.39. The molecule has 0 aliphatic heterocycles. The summed E-state index contributed by atoms with van der Waals surface area (Å²) in [7, 11) is 1.25. The lowest BCUT2D eigenvalue weighted by atomic mass is 10.2. The second-order valence-electron chi connectivity index (χ2n) is 2.93. The Kier molecular flexibility index (Phi) is 2.00. The topological polar surface area (TPSA) is 79.9 Å². The highest BCUT2D eigenvalue weighted by molar-refractivity contribution is 5.89. The van der Waals surface area contributed by atoms with Gasteiger partial charge >= 0.3 is 5.63 Å². The molecule has 0 radical (unpaired) electrons. The van der Waals surface area contributed by atoms with Gasteiger partial charge in [-0.1, -0.05) is 6.07 Å². The highest BCUT2D eigenvalue weighted by Gasteiger charge is 2.15. The van der Waals surface area contributed by atoms with Crippen LogP contribution in [0.3, 0.4) is 0 Å². The Morgan fingerprint density at radius 2 is 2.07 bits per heavy atom. The van der Waals surface area contributed by atoms with Gasteiger partial charge in [0.1, 0.15) is 0 Å². The molecule has 0 saturated carbocycles. The van der Waals surface area contributed by atoms with E-state index in [0.29, 0.717) is 0 Å². The number of methoxy groups -OCH3 is 1. The summed E-state index contributed by atoms with van der Waals surface area (Å²) in [5.74, 6) is -0.810.